The van der Waals surface area contributed by atoms with Crippen molar-refractivity contribution in [2.24, 2.45) is 0 Å². The van der Waals surface area contributed by atoms with Crippen LogP contribution in [0.2, 0.25) is 4.34 Å². The van der Waals surface area contributed by atoms with Crippen molar-refractivity contribution in [1.82, 2.24) is 4.98 Å². The summed E-state index contributed by atoms with van der Waals surface area (Å²) in [6.45, 7) is 2.43. The van der Waals surface area contributed by atoms with Gasteiger partial charge < -0.3 is 9.80 Å². The van der Waals surface area contributed by atoms with Crippen molar-refractivity contribution in [2.45, 2.75) is 0 Å². The summed E-state index contributed by atoms with van der Waals surface area (Å²) < 4.78 is 28.1. The van der Waals surface area contributed by atoms with Crippen LogP contribution in [0.1, 0.15) is 0 Å². The molecule has 20 heavy (non-hydrogen) atoms. The van der Waals surface area contributed by atoms with E-state index in [4.69, 9.17) is 11.6 Å². The molecule has 0 bridgehead atoms. The Kier molecular flexibility index (Phi) is 3.76. The van der Waals surface area contributed by atoms with Gasteiger partial charge in [-0.3, -0.25) is 0 Å². The van der Waals surface area contributed by atoms with Gasteiger partial charge in [-0.2, -0.15) is 0 Å². The lowest BCUT2D eigenvalue weighted by molar-refractivity contribution is 0.556. The fourth-order valence-corrected chi connectivity index (χ4v) is 3.26. The molecule has 0 N–H and O–H groups in total. The Bertz CT molecular complexity index is 591. The highest BCUT2D eigenvalue weighted by Gasteiger charge is 2.23. The zero-order chi connectivity index (χ0) is 14.1. The summed E-state index contributed by atoms with van der Waals surface area (Å²) in [5.41, 5.74) is 0.0596. The zero-order valence-corrected chi connectivity index (χ0v) is 12.1. The zero-order valence-electron chi connectivity index (χ0n) is 10.5. The molecule has 0 radical (unpaired) electrons. The molecule has 2 aromatic rings. The first kappa shape index (κ1) is 13.6. The Morgan fingerprint density at radius 1 is 1.05 bits per heavy atom. The van der Waals surface area contributed by atoms with E-state index in [1.807, 2.05) is 0 Å². The average molecular weight is 316 g/mol. The summed E-state index contributed by atoms with van der Waals surface area (Å²) in [7, 11) is 0. The molecule has 1 aromatic carbocycles. The van der Waals surface area contributed by atoms with E-state index in [1.165, 1.54) is 29.5 Å². The van der Waals surface area contributed by atoms with Gasteiger partial charge in [0, 0.05) is 26.2 Å². The highest BCUT2D eigenvalue weighted by molar-refractivity contribution is 7.19. The minimum Gasteiger partial charge on any atom is -0.363 e. The van der Waals surface area contributed by atoms with E-state index in [0.29, 0.717) is 30.5 Å². The van der Waals surface area contributed by atoms with Gasteiger partial charge in [-0.1, -0.05) is 29.0 Å². The van der Waals surface area contributed by atoms with Crippen LogP contribution in [0.15, 0.2) is 24.4 Å². The molecule has 7 heteroatoms. The maximum atomic E-state index is 13.7. The monoisotopic (exact) mass is 315 g/mol. The molecular weight excluding hydrogens is 304 g/mol. The fraction of sp³-hybridized carbons (Fsp3) is 0.308. The first-order chi connectivity index (χ1) is 9.65. The predicted molar refractivity (Wildman–Crippen MR) is 77.9 cm³/mol. The van der Waals surface area contributed by atoms with Gasteiger partial charge in [0.1, 0.15) is 21.7 Å². The number of piperazine rings is 1. The molecule has 1 aliphatic heterocycles. The first-order valence-electron chi connectivity index (χ1n) is 6.20. The Hall–Kier alpha value is -1.40. The molecular formula is C13H12ClF2N3S. The Labute approximate surface area is 124 Å². The van der Waals surface area contributed by atoms with Gasteiger partial charge >= 0.3 is 0 Å². The lowest BCUT2D eigenvalue weighted by Crippen LogP contribution is -2.47. The normalized spacial score (nSPS) is 15.8. The third kappa shape index (κ3) is 2.58. The quantitative estimate of drug-likeness (QED) is 0.846. The number of nitrogens with zero attached hydrogens (tertiary/aromatic N) is 3. The molecule has 1 saturated heterocycles. The number of para-hydroxylation sites is 1. The summed E-state index contributed by atoms with van der Waals surface area (Å²) >= 11 is 7.28. The van der Waals surface area contributed by atoms with Crippen molar-refractivity contribution in [3.63, 3.8) is 0 Å². The van der Waals surface area contributed by atoms with Crippen LogP contribution in [0.25, 0.3) is 0 Å². The fourth-order valence-electron chi connectivity index (χ4n) is 2.30. The highest BCUT2D eigenvalue weighted by atomic mass is 35.5. The molecule has 1 fully saturated rings. The van der Waals surface area contributed by atoms with Crippen molar-refractivity contribution in [3.8, 4) is 0 Å². The summed E-state index contributed by atoms with van der Waals surface area (Å²) in [5.74, 6) is -1.04. The second kappa shape index (κ2) is 5.54. The molecule has 1 aliphatic rings. The van der Waals surface area contributed by atoms with E-state index < -0.39 is 11.6 Å². The molecule has 2 heterocycles. The Morgan fingerprint density at radius 3 is 2.20 bits per heavy atom. The summed E-state index contributed by atoms with van der Waals surface area (Å²) in [6.07, 6.45) is 1.62. The van der Waals surface area contributed by atoms with Crippen LogP contribution in [0, 0.1) is 11.6 Å². The summed E-state index contributed by atoms with van der Waals surface area (Å²) in [6, 6.07) is 3.94. The van der Waals surface area contributed by atoms with E-state index in [0.717, 1.165) is 5.13 Å². The van der Waals surface area contributed by atoms with Crippen LogP contribution in [-0.2, 0) is 0 Å². The smallest absolute Gasteiger partial charge is 0.186 e. The number of hydrogen-bond acceptors (Lipinski definition) is 4. The maximum absolute atomic E-state index is 13.7. The summed E-state index contributed by atoms with van der Waals surface area (Å²) in [4.78, 5) is 8.03. The first-order valence-corrected chi connectivity index (χ1v) is 7.40. The van der Waals surface area contributed by atoms with Crippen molar-refractivity contribution in [3.05, 3.63) is 40.4 Å². The molecule has 0 unspecified atom stereocenters. The van der Waals surface area contributed by atoms with Crippen molar-refractivity contribution >= 4 is 33.8 Å². The Balaban J connectivity index is 1.72. The van der Waals surface area contributed by atoms with E-state index in [1.54, 1.807) is 11.1 Å². The predicted octanol–water partition coefficient (Wildman–Crippen LogP) is 3.40. The minimum absolute atomic E-state index is 0.0596. The number of benzene rings is 1. The van der Waals surface area contributed by atoms with Gasteiger partial charge in [-0.05, 0) is 12.1 Å². The molecule has 0 amide bonds. The van der Waals surface area contributed by atoms with Gasteiger partial charge in [0.15, 0.2) is 5.13 Å². The van der Waals surface area contributed by atoms with Gasteiger partial charge in [0.25, 0.3) is 0 Å². The molecule has 0 saturated carbocycles. The standard InChI is InChI=1S/C13H12ClF2N3S/c14-11-8-17-13(20-11)19-6-4-18(5-7-19)12-9(15)2-1-3-10(12)16/h1-3,8H,4-7H2. The van der Waals surface area contributed by atoms with Crippen LogP contribution in [0.3, 0.4) is 0 Å². The van der Waals surface area contributed by atoms with E-state index >= 15 is 0 Å². The Morgan fingerprint density at radius 2 is 1.65 bits per heavy atom. The third-order valence-electron chi connectivity index (χ3n) is 3.27. The molecule has 1 aromatic heterocycles. The average Bonchev–Trinajstić information content (AvgIpc) is 2.86. The number of anilines is 2. The number of thiazole rings is 1. The highest BCUT2D eigenvalue weighted by Crippen LogP contribution is 2.29. The molecule has 0 spiro atoms. The summed E-state index contributed by atoms with van der Waals surface area (Å²) in [5, 5.41) is 0.851. The number of hydrogen-bond donors (Lipinski definition) is 0. The second-order valence-electron chi connectivity index (χ2n) is 4.49. The third-order valence-corrected chi connectivity index (χ3v) is 4.44. The van der Waals surface area contributed by atoms with E-state index in [2.05, 4.69) is 9.88 Å². The maximum Gasteiger partial charge on any atom is 0.186 e. The largest absolute Gasteiger partial charge is 0.363 e. The van der Waals surface area contributed by atoms with Crippen molar-refractivity contribution < 1.29 is 8.78 Å². The number of rotatable bonds is 2. The lowest BCUT2D eigenvalue weighted by Gasteiger charge is -2.36. The van der Waals surface area contributed by atoms with Gasteiger partial charge in [-0.25, -0.2) is 13.8 Å². The van der Waals surface area contributed by atoms with Gasteiger partial charge in [0.2, 0.25) is 0 Å². The van der Waals surface area contributed by atoms with Gasteiger partial charge in [-0.15, -0.1) is 0 Å². The van der Waals surface area contributed by atoms with E-state index in [9.17, 15) is 8.78 Å². The van der Waals surface area contributed by atoms with Crippen LogP contribution in [-0.4, -0.2) is 31.2 Å². The van der Waals surface area contributed by atoms with Crippen molar-refractivity contribution in [2.75, 3.05) is 36.0 Å². The molecule has 3 rings (SSSR count). The van der Waals surface area contributed by atoms with Crippen LogP contribution in [0.5, 0.6) is 0 Å². The molecule has 3 nitrogen and oxygen atoms in total. The van der Waals surface area contributed by atoms with Gasteiger partial charge in [0.05, 0.1) is 6.20 Å². The second-order valence-corrected chi connectivity index (χ2v) is 6.13. The lowest BCUT2D eigenvalue weighted by atomic mass is 10.2. The molecule has 0 aliphatic carbocycles. The van der Waals surface area contributed by atoms with E-state index in [-0.39, 0.29) is 5.69 Å². The number of halogens is 3. The van der Waals surface area contributed by atoms with Crippen LogP contribution < -0.4 is 9.80 Å². The topological polar surface area (TPSA) is 19.4 Å². The van der Waals surface area contributed by atoms with Crippen LogP contribution in [0.4, 0.5) is 19.6 Å². The minimum atomic E-state index is -0.518. The van der Waals surface area contributed by atoms with Crippen LogP contribution >= 0.6 is 22.9 Å². The van der Waals surface area contributed by atoms with Crippen molar-refractivity contribution in [1.29, 1.82) is 0 Å². The molecule has 106 valence electrons. The SMILES string of the molecule is Fc1cccc(F)c1N1CCN(c2ncc(Cl)s2)CC1. The molecule has 0 atom stereocenters. The number of aromatic nitrogens is 1.